The molecule has 0 heterocycles. The first-order valence-electron chi connectivity index (χ1n) is 5.64. The molecule has 96 valence electrons. The first kappa shape index (κ1) is 14.4. The van der Waals surface area contributed by atoms with Crippen LogP contribution in [0.1, 0.15) is 25.0 Å². The van der Waals surface area contributed by atoms with Crippen molar-refractivity contribution < 1.29 is 9.00 Å². The molecule has 1 amide bonds. The minimum absolute atomic E-state index is 0.0121. The van der Waals surface area contributed by atoms with Gasteiger partial charge in [-0.2, -0.15) is 5.26 Å². The van der Waals surface area contributed by atoms with E-state index >= 15 is 0 Å². The van der Waals surface area contributed by atoms with Gasteiger partial charge in [0.25, 0.3) is 0 Å². The van der Waals surface area contributed by atoms with Gasteiger partial charge in [0.2, 0.25) is 5.91 Å². The first-order valence-corrected chi connectivity index (χ1v) is 7.13. The Hall–Kier alpha value is -1.67. The van der Waals surface area contributed by atoms with Crippen molar-refractivity contribution in [2.45, 2.75) is 25.6 Å². The number of carbonyl (C=O) groups excluding carboxylic acids is 1. The Morgan fingerprint density at radius 3 is 2.50 bits per heavy atom. The maximum absolute atomic E-state index is 11.7. The topological polar surface area (TPSA) is 70.0 Å². The number of hydrogen-bond donors (Lipinski definition) is 1. The van der Waals surface area contributed by atoms with E-state index < -0.39 is 10.8 Å². The van der Waals surface area contributed by atoms with Gasteiger partial charge in [-0.1, -0.05) is 12.1 Å². The molecular formula is C13H16N2O2S. The lowest BCUT2D eigenvalue weighted by molar-refractivity contribution is -0.119. The molecule has 0 saturated heterocycles. The summed E-state index contributed by atoms with van der Waals surface area (Å²) >= 11 is 0. The number of hydrogen-bond acceptors (Lipinski definition) is 3. The fourth-order valence-electron chi connectivity index (χ4n) is 1.42. The maximum atomic E-state index is 11.7. The van der Waals surface area contributed by atoms with E-state index in [1.54, 1.807) is 24.3 Å². The van der Waals surface area contributed by atoms with Gasteiger partial charge in [0.05, 0.1) is 11.6 Å². The van der Waals surface area contributed by atoms with Crippen LogP contribution < -0.4 is 5.32 Å². The average molecular weight is 264 g/mol. The second-order valence-electron chi connectivity index (χ2n) is 4.26. The monoisotopic (exact) mass is 264 g/mol. The van der Waals surface area contributed by atoms with Crippen LogP contribution in [0.3, 0.4) is 0 Å². The summed E-state index contributed by atoms with van der Waals surface area (Å²) in [7, 11) is -1.22. The number of nitrogens with one attached hydrogen (secondary N) is 1. The van der Waals surface area contributed by atoms with E-state index in [4.69, 9.17) is 5.26 Å². The van der Waals surface area contributed by atoms with Crippen LogP contribution >= 0.6 is 0 Å². The van der Waals surface area contributed by atoms with Crippen molar-refractivity contribution in [1.82, 2.24) is 5.32 Å². The average Bonchev–Trinajstić information content (AvgIpc) is 2.28. The van der Waals surface area contributed by atoms with Crippen molar-refractivity contribution in [2.75, 3.05) is 5.75 Å². The number of nitrogens with zero attached hydrogens (tertiary/aromatic N) is 1. The summed E-state index contributed by atoms with van der Waals surface area (Å²) in [5.74, 6) is 0.145. The second-order valence-corrected chi connectivity index (χ2v) is 5.72. The molecule has 0 bridgehead atoms. The zero-order valence-corrected chi connectivity index (χ0v) is 11.3. The van der Waals surface area contributed by atoms with Gasteiger partial charge in [0.1, 0.15) is 5.75 Å². The molecular weight excluding hydrogens is 248 g/mol. The molecule has 5 heteroatoms. The Labute approximate surface area is 109 Å². The number of amides is 1. The van der Waals surface area contributed by atoms with Crippen LogP contribution in [0.25, 0.3) is 0 Å². The lowest BCUT2D eigenvalue weighted by Gasteiger charge is -2.08. The predicted octanol–water partition coefficient (Wildman–Crippen LogP) is 1.33. The Kier molecular flexibility index (Phi) is 5.53. The van der Waals surface area contributed by atoms with E-state index in [1.165, 1.54) is 0 Å². The lowest BCUT2D eigenvalue weighted by atomic mass is 10.2. The maximum Gasteiger partial charge on any atom is 0.232 e. The van der Waals surface area contributed by atoms with Crippen molar-refractivity contribution in [3.63, 3.8) is 0 Å². The van der Waals surface area contributed by atoms with Crippen molar-refractivity contribution in [3.8, 4) is 6.07 Å². The molecule has 0 aromatic heterocycles. The van der Waals surface area contributed by atoms with Crippen molar-refractivity contribution >= 4 is 16.7 Å². The molecule has 1 aromatic rings. The summed E-state index contributed by atoms with van der Waals surface area (Å²) in [6.45, 7) is 3.73. The largest absolute Gasteiger partial charge is 0.353 e. The fourth-order valence-corrected chi connectivity index (χ4v) is 2.46. The van der Waals surface area contributed by atoms with E-state index in [9.17, 15) is 9.00 Å². The van der Waals surface area contributed by atoms with Gasteiger partial charge in [-0.3, -0.25) is 9.00 Å². The van der Waals surface area contributed by atoms with E-state index in [2.05, 4.69) is 5.32 Å². The predicted molar refractivity (Wildman–Crippen MR) is 71.1 cm³/mol. The van der Waals surface area contributed by atoms with Crippen LogP contribution in [-0.2, 0) is 21.3 Å². The molecule has 1 atom stereocenters. The highest BCUT2D eigenvalue weighted by Gasteiger charge is 2.09. The van der Waals surface area contributed by atoms with Gasteiger partial charge < -0.3 is 5.32 Å². The third-order valence-corrected chi connectivity index (χ3v) is 3.39. The van der Waals surface area contributed by atoms with Crippen molar-refractivity contribution in [3.05, 3.63) is 35.4 Å². The van der Waals surface area contributed by atoms with Crippen LogP contribution in [0.15, 0.2) is 24.3 Å². The summed E-state index contributed by atoms with van der Waals surface area (Å²) in [6, 6.07) is 8.96. The van der Waals surface area contributed by atoms with Gasteiger partial charge in [-0.25, -0.2) is 0 Å². The van der Waals surface area contributed by atoms with Gasteiger partial charge in [0.15, 0.2) is 0 Å². The molecule has 1 unspecified atom stereocenters. The third kappa shape index (κ3) is 5.11. The number of rotatable bonds is 5. The fraction of sp³-hybridized carbons (Fsp3) is 0.385. The highest BCUT2D eigenvalue weighted by Crippen LogP contribution is 2.06. The summed E-state index contributed by atoms with van der Waals surface area (Å²) in [4.78, 5) is 11.4. The Morgan fingerprint density at radius 1 is 1.39 bits per heavy atom. The SMILES string of the molecule is CC(C)NC(=O)CS(=O)Cc1ccc(C#N)cc1. The second kappa shape index (κ2) is 6.92. The number of nitriles is 1. The minimum Gasteiger partial charge on any atom is -0.353 e. The van der Waals surface area contributed by atoms with Gasteiger partial charge in [0, 0.05) is 22.6 Å². The standard InChI is InChI=1S/C13H16N2O2S/c1-10(2)15-13(16)9-18(17)8-12-5-3-11(7-14)4-6-12/h3-6,10H,8-9H2,1-2H3,(H,15,16). The van der Waals surface area contributed by atoms with E-state index in [0.29, 0.717) is 11.3 Å². The lowest BCUT2D eigenvalue weighted by Crippen LogP contribution is -2.33. The van der Waals surface area contributed by atoms with E-state index in [0.717, 1.165) is 5.56 Å². The number of carbonyl (C=O) groups is 1. The van der Waals surface area contributed by atoms with Gasteiger partial charge >= 0.3 is 0 Å². The summed E-state index contributed by atoms with van der Waals surface area (Å²) in [6.07, 6.45) is 0. The molecule has 0 fully saturated rings. The molecule has 4 nitrogen and oxygen atoms in total. The van der Waals surface area contributed by atoms with Crippen LogP contribution in [0.2, 0.25) is 0 Å². The smallest absolute Gasteiger partial charge is 0.232 e. The quantitative estimate of drug-likeness (QED) is 0.872. The molecule has 1 rings (SSSR count). The van der Waals surface area contributed by atoms with Crippen molar-refractivity contribution in [2.24, 2.45) is 0 Å². The summed E-state index contributed by atoms with van der Waals surface area (Å²) in [5, 5.41) is 11.4. The Morgan fingerprint density at radius 2 is 2.00 bits per heavy atom. The molecule has 0 aliphatic rings. The summed E-state index contributed by atoms with van der Waals surface area (Å²) in [5.41, 5.74) is 1.44. The molecule has 0 spiro atoms. The molecule has 0 aliphatic heterocycles. The highest BCUT2D eigenvalue weighted by molar-refractivity contribution is 7.84. The normalized spacial score (nSPS) is 11.9. The van der Waals surface area contributed by atoms with Crippen molar-refractivity contribution in [1.29, 1.82) is 5.26 Å². The minimum atomic E-state index is -1.22. The molecule has 1 aromatic carbocycles. The molecule has 0 aliphatic carbocycles. The zero-order chi connectivity index (χ0) is 13.5. The summed E-state index contributed by atoms with van der Waals surface area (Å²) < 4.78 is 11.7. The molecule has 0 saturated carbocycles. The zero-order valence-electron chi connectivity index (χ0n) is 10.5. The van der Waals surface area contributed by atoms with Crippen LogP contribution in [-0.4, -0.2) is 21.9 Å². The molecule has 0 radical (unpaired) electrons. The first-order chi connectivity index (χ1) is 8.51. The van der Waals surface area contributed by atoms with Crippen LogP contribution in [0, 0.1) is 11.3 Å². The van der Waals surface area contributed by atoms with Crippen LogP contribution in [0.4, 0.5) is 0 Å². The highest BCUT2D eigenvalue weighted by atomic mass is 32.2. The number of benzene rings is 1. The Balaban J connectivity index is 2.49. The van der Waals surface area contributed by atoms with Gasteiger partial charge in [-0.05, 0) is 31.5 Å². The van der Waals surface area contributed by atoms with Crippen LogP contribution in [0.5, 0.6) is 0 Å². The molecule has 18 heavy (non-hydrogen) atoms. The van der Waals surface area contributed by atoms with E-state index in [-0.39, 0.29) is 17.7 Å². The van der Waals surface area contributed by atoms with E-state index in [1.807, 2.05) is 19.9 Å². The Bertz CT molecular complexity index is 475. The third-order valence-electron chi connectivity index (χ3n) is 2.15. The van der Waals surface area contributed by atoms with Gasteiger partial charge in [-0.15, -0.1) is 0 Å². The molecule has 1 N–H and O–H groups in total.